The molecule has 8 nitrogen and oxygen atoms in total. The second kappa shape index (κ2) is 7.45. The molecule has 2 amide bonds. The number of imide groups is 1. The Morgan fingerprint density at radius 1 is 1.22 bits per heavy atom. The molecule has 3 rings (SSSR count). The highest BCUT2D eigenvalue weighted by molar-refractivity contribution is 6.21. The number of phenols is 1. The molecule has 2 aromatic rings. The first-order chi connectivity index (χ1) is 12.9. The lowest BCUT2D eigenvalue weighted by molar-refractivity contribution is -0.383. The van der Waals surface area contributed by atoms with Gasteiger partial charge in [0.15, 0.2) is 0 Å². The molecular weight excluding hydrogens is 350 g/mol. The topological polar surface area (TPSA) is 113 Å². The van der Waals surface area contributed by atoms with Crippen molar-refractivity contribution in [3.8, 4) is 5.75 Å². The lowest BCUT2D eigenvalue weighted by atomic mass is 10.1. The van der Waals surface area contributed by atoms with Gasteiger partial charge >= 0.3 is 0 Å². The predicted octanol–water partition coefficient (Wildman–Crippen LogP) is 2.85. The van der Waals surface area contributed by atoms with Gasteiger partial charge in [0.1, 0.15) is 11.4 Å². The van der Waals surface area contributed by atoms with Gasteiger partial charge in [0, 0.05) is 24.9 Å². The summed E-state index contributed by atoms with van der Waals surface area (Å²) in [6, 6.07) is 11.0. The largest absolute Gasteiger partial charge is 0.508 e. The molecule has 0 radical (unpaired) electrons. The van der Waals surface area contributed by atoms with E-state index in [-0.39, 0.29) is 35.4 Å². The fourth-order valence-corrected chi connectivity index (χ4v) is 3.02. The van der Waals surface area contributed by atoms with E-state index < -0.39 is 10.8 Å². The molecule has 1 saturated heterocycles. The first-order valence-electron chi connectivity index (χ1n) is 8.54. The Balaban J connectivity index is 1.76. The molecule has 1 heterocycles. The van der Waals surface area contributed by atoms with Crippen molar-refractivity contribution in [2.24, 2.45) is 5.92 Å². The third-order valence-electron chi connectivity index (χ3n) is 4.47. The molecule has 0 spiro atoms. The van der Waals surface area contributed by atoms with Crippen molar-refractivity contribution >= 4 is 28.9 Å². The maximum absolute atomic E-state index is 12.1. The van der Waals surface area contributed by atoms with Crippen molar-refractivity contribution in [2.75, 3.05) is 16.8 Å². The molecule has 1 aliphatic rings. The van der Waals surface area contributed by atoms with Crippen molar-refractivity contribution in [2.45, 2.75) is 19.8 Å². The lowest BCUT2D eigenvalue weighted by Gasteiger charge is -2.15. The molecular formula is C19H19N3O5. The van der Waals surface area contributed by atoms with Crippen LogP contribution in [0.15, 0.2) is 42.5 Å². The Kier molecular flexibility index (Phi) is 5.07. The van der Waals surface area contributed by atoms with E-state index in [9.17, 15) is 24.8 Å². The first kappa shape index (κ1) is 18.4. The maximum atomic E-state index is 12.1. The average molecular weight is 369 g/mol. The van der Waals surface area contributed by atoms with Crippen LogP contribution in [0.4, 0.5) is 17.1 Å². The Labute approximate surface area is 155 Å². The standard InChI is InChI=1S/C19H19N3O5/c1-12-10-18(24)21(19(12)25)14-4-7-16(17(11-14)22(26)27)20-9-8-13-2-5-15(23)6-3-13/h2-7,11-12,20,23H,8-10H2,1H3/t12-/m1/s1. The summed E-state index contributed by atoms with van der Waals surface area (Å²) >= 11 is 0. The summed E-state index contributed by atoms with van der Waals surface area (Å²) in [7, 11) is 0. The number of benzene rings is 2. The molecule has 1 aliphatic heterocycles. The third-order valence-corrected chi connectivity index (χ3v) is 4.47. The van der Waals surface area contributed by atoms with Crippen molar-refractivity contribution in [3.05, 3.63) is 58.1 Å². The number of phenolic OH excluding ortho intramolecular Hbond substituents is 1. The number of anilines is 2. The summed E-state index contributed by atoms with van der Waals surface area (Å²) in [5.74, 6) is -0.935. The molecule has 1 atom stereocenters. The monoisotopic (exact) mass is 369 g/mol. The van der Waals surface area contributed by atoms with Crippen LogP contribution in [0, 0.1) is 16.0 Å². The van der Waals surface area contributed by atoms with Gasteiger partial charge in [-0.2, -0.15) is 0 Å². The van der Waals surface area contributed by atoms with E-state index in [2.05, 4.69) is 5.32 Å². The van der Waals surface area contributed by atoms with E-state index in [4.69, 9.17) is 0 Å². The van der Waals surface area contributed by atoms with E-state index in [1.54, 1.807) is 31.2 Å². The van der Waals surface area contributed by atoms with Gasteiger partial charge in [0.05, 0.1) is 10.6 Å². The molecule has 0 unspecified atom stereocenters. The van der Waals surface area contributed by atoms with E-state index in [1.165, 1.54) is 18.2 Å². The summed E-state index contributed by atoms with van der Waals surface area (Å²) in [6.07, 6.45) is 0.721. The average Bonchev–Trinajstić information content (AvgIpc) is 2.89. The second-order valence-electron chi connectivity index (χ2n) is 6.47. The molecule has 140 valence electrons. The zero-order valence-electron chi connectivity index (χ0n) is 14.7. The summed E-state index contributed by atoms with van der Waals surface area (Å²) in [5, 5.41) is 23.7. The van der Waals surface area contributed by atoms with Crippen LogP contribution in [-0.2, 0) is 16.0 Å². The molecule has 0 aliphatic carbocycles. The van der Waals surface area contributed by atoms with Gasteiger partial charge in [-0.1, -0.05) is 19.1 Å². The number of rotatable bonds is 6. The molecule has 0 bridgehead atoms. The SMILES string of the molecule is C[C@@H]1CC(=O)N(c2ccc(NCCc3ccc(O)cc3)c([N+](=O)[O-])c2)C1=O. The number of carbonyl (C=O) groups excluding carboxylic acids is 2. The Bertz CT molecular complexity index is 895. The van der Waals surface area contributed by atoms with Crippen LogP contribution >= 0.6 is 0 Å². The van der Waals surface area contributed by atoms with Crippen molar-refractivity contribution < 1.29 is 19.6 Å². The number of aromatic hydroxyl groups is 1. The number of carbonyl (C=O) groups is 2. The van der Waals surface area contributed by atoms with Crippen LogP contribution in [0.2, 0.25) is 0 Å². The second-order valence-corrected chi connectivity index (χ2v) is 6.47. The van der Waals surface area contributed by atoms with Gasteiger partial charge in [-0.3, -0.25) is 24.6 Å². The number of hydrogen-bond acceptors (Lipinski definition) is 6. The van der Waals surface area contributed by atoms with Gasteiger partial charge in [0.25, 0.3) is 5.69 Å². The molecule has 27 heavy (non-hydrogen) atoms. The van der Waals surface area contributed by atoms with Gasteiger partial charge in [0.2, 0.25) is 11.8 Å². The Morgan fingerprint density at radius 3 is 2.52 bits per heavy atom. The number of hydrogen-bond donors (Lipinski definition) is 2. The number of nitrogens with zero attached hydrogens (tertiary/aromatic N) is 2. The van der Waals surface area contributed by atoms with Crippen LogP contribution in [0.3, 0.4) is 0 Å². The first-order valence-corrected chi connectivity index (χ1v) is 8.54. The minimum atomic E-state index is -0.541. The van der Waals surface area contributed by atoms with Crippen LogP contribution in [0.1, 0.15) is 18.9 Å². The molecule has 8 heteroatoms. The van der Waals surface area contributed by atoms with Crippen LogP contribution < -0.4 is 10.2 Å². The zero-order valence-corrected chi connectivity index (χ0v) is 14.7. The lowest BCUT2D eigenvalue weighted by Crippen LogP contribution is -2.30. The minimum absolute atomic E-state index is 0.110. The summed E-state index contributed by atoms with van der Waals surface area (Å²) in [4.78, 5) is 36.1. The predicted molar refractivity (Wildman–Crippen MR) is 99.7 cm³/mol. The maximum Gasteiger partial charge on any atom is 0.294 e. The smallest absolute Gasteiger partial charge is 0.294 e. The summed E-state index contributed by atoms with van der Waals surface area (Å²) in [5.41, 5.74) is 1.31. The van der Waals surface area contributed by atoms with Gasteiger partial charge in [-0.15, -0.1) is 0 Å². The summed E-state index contributed by atoms with van der Waals surface area (Å²) in [6.45, 7) is 2.11. The normalized spacial score (nSPS) is 16.6. The zero-order chi connectivity index (χ0) is 19.6. The van der Waals surface area contributed by atoms with Crippen LogP contribution in [-0.4, -0.2) is 28.4 Å². The third kappa shape index (κ3) is 3.89. The number of amides is 2. The number of nitrogens with one attached hydrogen (secondary N) is 1. The number of nitro groups is 1. The molecule has 1 fully saturated rings. The van der Waals surface area contributed by atoms with E-state index in [1.807, 2.05) is 0 Å². The van der Waals surface area contributed by atoms with Crippen LogP contribution in [0.5, 0.6) is 5.75 Å². The number of nitro benzene ring substituents is 1. The Morgan fingerprint density at radius 2 is 1.93 bits per heavy atom. The van der Waals surface area contributed by atoms with Crippen LogP contribution in [0.25, 0.3) is 0 Å². The highest BCUT2D eigenvalue weighted by Gasteiger charge is 2.37. The Hall–Kier alpha value is -3.42. The van der Waals surface area contributed by atoms with Crippen molar-refractivity contribution in [1.29, 1.82) is 0 Å². The quantitative estimate of drug-likeness (QED) is 0.460. The van der Waals surface area contributed by atoms with Gasteiger partial charge < -0.3 is 10.4 Å². The minimum Gasteiger partial charge on any atom is -0.508 e. The fourth-order valence-electron chi connectivity index (χ4n) is 3.02. The van der Waals surface area contributed by atoms with E-state index >= 15 is 0 Å². The van der Waals surface area contributed by atoms with Crippen molar-refractivity contribution in [3.63, 3.8) is 0 Å². The highest BCUT2D eigenvalue weighted by atomic mass is 16.6. The molecule has 0 aromatic heterocycles. The molecule has 2 N–H and O–H groups in total. The van der Waals surface area contributed by atoms with Gasteiger partial charge in [-0.25, -0.2) is 0 Å². The van der Waals surface area contributed by atoms with Crippen molar-refractivity contribution in [1.82, 2.24) is 0 Å². The van der Waals surface area contributed by atoms with Gasteiger partial charge in [-0.05, 0) is 36.2 Å². The highest BCUT2D eigenvalue weighted by Crippen LogP contribution is 2.33. The van der Waals surface area contributed by atoms with E-state index in [0.29, 0.717) is 18.7 Å². The molecule has 2 aromatic carbocycles. The van der Waals surface area contributed by atoms with E-state index in [0.717, 1.165) is 10.5 Å². The fraction of sp³-hybridized carbons (Fsp3) is 0.263. The molecule has 0 saturated carbocycles. The summed E-state index contributed by atoms with van der Waals surface area (Å²) < 4.78 is 0.